The van der Waals surface area contributed by atoms with E-state index in [-0.39, 0.29) is 42.5 Å². The summed E-state index contributed by atoms with van der Waals surface area (Å²) in [4.78, 5) is 24.4. The van der Waals surface area contributed by atoms with E-state index in [9.17, 15) is 19.8 Å². The number of methoxy groups -OCH3 is 1. The quantitative estimate of drug-likeness (QED) is 0.416. The van der Waals surface area contributed by atoms with Crippen LogP contribution in [-0.4, -0.2) is 60.7 Å². The highest BCUT2D eigenvalue weighted by Crippen LogP contribution is 2.61. The van der Waals surface area contributed by atoms with Gasteiger partial charge in [-0.3, -0.25) is 10.1 Å². The Morgan fingerprint density at radius 3 is 2.71 bits per heavy atom. The van der Waals surface area contributed by atoms with Gasteiger partial charge >= 0.3 is 11.9 Å². The second-order valence-electron chi connectivity index (χ2n) is 9.98. The molecule has 7 heteroatoms. The van der Waals surface area contributed by atoms with Gasteiger partial charge in [0.15, 0.2) is 0 Å². The first kappa shape index (κ1) is 24.0. The molecule has 2 fully saturated rings. The first-order valence-corrected chi connectivity index (χ1v) is 11.3. The van der Waals surface area contributed by atoms with Gasteiger partial charge in [-0.05, 0) is 62.4 Å². The van der Waals surface area contributed by atoms with Crippen molar-refractivity contribution in [1.82, 2.24) is 5.32 Å². The van der Waals surface area contributed by atoms with Crippen LogP contribution in [0.15, 0.2) is 23.8 Å². The number of cyclic esters (lactones) is 1. The maximum absolute atomic E-state index is 12.4. The predicted molar refractivity (Wildman–Crippen MR) is 116 cm³/mol. The topological polar surface area (TPSA) is 105 Å². The van der Waals surface area contributed by atoms with Gasteiger partial charge < -0.3 is 19.7 Å². The van der Waals surface area contributed by atoms with Crippen LogP contribution in [0.5, 0.6) is 0 Å². The van der Waals surface area contributed by atoms with Crippen LogP contribution in [0, 0.1) is 22.7 Å². The summed E-state index contributed by atoms with van der Waals surface area (Å²) in [6, 6.07) is -0.964. The van der Waals surface area contributed by atoms with Gasteiger partial charge in [-0.15, -0.1) is 0 Å². The Labute approximate surface area is 184 Å². The Kier molecular flexibility index (Phi) is 6.99. The Morgan fingerprint density at radius 2 is 2.13 bits per heavy atom. The molecule has 1 aliphatic heterocycles. The summed E-state index contributed by atoms with van der Waals surface area (Å²) < 4.78 is 10.0. The van der Waals surface area contributed by atoms with Crippen molar-refractivity contribution >= 4 is 11.9 Å². The fourth-order valence-corrected chi connectivity index (χ4v) is 6.36. The van der Waals surface area contributed by atoms with Crippen LogP contribution in [0.1, 0.15) is 52.9 Å². The zero-order valence-electron chi connectivity index (χ0n) is 19.1. The van der Waals surface area contributed by atoms with E-state index in [1.165, 1.54) is 7.11 Å². The van der Waals surface area contributed by atoms with Crippen LogP contribution in [0.2, 0.25) is 0 Å². The highest BCUT2D eigenvalue weighted by Gasteiger charge is 2.58. The zero-order chi connectivity index (χ0) is 23.0. The first-order valence-electron chi connectivity index (χ1n) is 11.3. The van der Waals surface area contributed by atoms with Crippen LogP contribution < -0.4 is 5.32 Å². The summed E-state index contributed by atoms with van der Waals surface area (Å²) >= 11 is 0. The highest BCUT2D eigenvalue weighted by atomic mass is 16.5. The SMILES string of the molecule is C=C1CCC2[C@](C)(CO)C(O)CC[C@]2(C)[C@H]1CC(NC(C)C(=O)OC)C1=CCOC1=O. The molecule has 2 aliphatic carbocycles. The molecule has 2 saturated carbocycles. The summed E-state index contributed by atoms with van der Waals surface area (Å²) in [6.45, 7) is 10.5. The Morgan fingerprint density at radius 1 is 1.42 bits per heavy atom. The van der Waals surface area contributed by atoms with Crippen molar-refractivity contribution in [2.75, 3.05) is 20.3 Å². The lowest BCUT2D eigenvalue weighted by atomic mass is 9.46. The van der Waals surface area contributed by atoms with Crippen LogP contribution in [-0.2, 0) is 19.1 Å². The first-order chi connectivity index (χ1) is 14.6. The second kappa shape index (κ2) is 9.04. The summed E-state index contributed by atoms with van der Waals surface area (Å²) in [5, 5.41) is 24.2. The van der Waals surface area contributed by atoms with E-state index < -0.39 is 23.5 Å². The van der Waals surface area contributed by atoms with Gasteiger partial charge in [0.05, 0.1) is 25.4 Å². The largest absolute Gasteiger partial charge is 0.468 e. The number of hydrogen-bond donors (Lipinski definition) is 3. The van der Waals surface area contributed by atoms with Crippen molar-refractivity contribution in [2.24, 2.45) is 22.7 Å². The maximum atomic E-state index is 12.4. The normalized spacial score (nSPS) is 37.5. The van der Waals surface area contributed by atoms with Crippen molar-refractivity contribution < 1.29 is 29.3 Å². The summed E-state index contributed by atoms with van der Waals surface area (Å²) in [5.74, 6) is -0.553. The lowest BCUT2D eigenvalue weighted by Gasteiger charge is -2.60. The molecule has 174 valence electrons. The number of esters is 2. The van der Waals surface area contributed by atoms with Crippen molar-refractivity contribution in [3.63, 3.8) is 0 Å². The van der Waals surface area contributed by atoms with E-state index >= 15 is 0 Å². The molecule has 3 aliphatic rings. The number of aliphatic hydroxyl groups excluding tert-OH is 2. The van der Waals surface area contributed by atoms with Crippen LogP contribution in [0.25, 0.3) is 0 Å². The standard InChI is InChI=1S/C24H37NO6/c1-14-6-7-19-23(3,10-8-20(27)24(19,4)13-26)17(14)12-18(16-9-11-31-22(16)29)25-15(2)21(28)30-5/h9,15,17-20,25-27H,1,6-8,10-13H2,2-5H3/t15?,17-,18?,19?,20?,23+,24-/m0/s1. The van der Waals surface area contributed by atoms with Gasteiger partial charge in [-0.25, -0.2) is 4.79 Å². The molecule has 3 rings (SSSR count). The number of aliphatic hydroxyl groups is 2. The Hall–Kier alpha value is -1.70. The van der Waals surface area contributed by atoms with E-state index in [0.717, 1.165) is 24.8 Å². The Balaban J connectivity index is 1.92. The van der Waals surface area contributed by atoms with Gasteiger partial charge in [-0.2, -0.15) is 0 Å². The zero-order valence-corrected chi connectivity index (χ0v) is 19.1. The molecule has 0 amide bonds. The lowest BCUT2D eigenvalue weighted by molar-refractivity contribution is -0.153. The Bertz CT molecular complexity index is 763. The smallest absolute Gasteiger partial charge is 0.335 e. The van der Waals surface area contributed by atoms with Gasteiger partial charge in [0.2, 0.25) is 0 Å². The number of ether oxygens (including phenoxy) is 2. The maximum Gasteiger partial charge on any atom is 0.335 e. The minimum Gasteiger partial charge on any atom is -0.468 e. The molecule has 0 aromatic heterocycles. The number of allylic oxidation sites excluding steroid dienone is 1. The van der Waals surface area contributed by atoms with E-state index in [1.54, 1.807) is 13.0 Å². The summed E-state index contributed by atoms with van der Waals surface area (Å²) in [7, 11) is 1.34. The van der Waals surface area contributed by atoms with E-state index in [0.29, 0.717) is 18.4 Å². The summed E-state index contributed by atoms with van der Waals surface area (Å²) in [6.07, 6.45) is 4.96. The number of rotatable bonds is 7. The van der Waals surface area contributed by atoms with Crippen LogP contribution in [0.3, 0.4) is 0 Å². The monoisotopic (exact) mass is 435 g/mol. The molecule has 7 atom stereocenters. The number of carbonyl (C=O) groups excluding carboxylic acids is 2. The molecule has 0 bridgehead atoms. The van der Waals surface area contributed by atoms with Crippen molar-refractivity contribution in [3.05, 3.63) is 23.8 Å². The van der Waals surface area contributed by atoms with Gasteiger partial charge in [0, 0.05) is 11.5 Å². The molecule has 0 aromatic carbocycles. The molecule has 0 aromatic rings. The molecule has 3 N–H and O–H groups in total. The molecule has 4 unspecified atom stereocenters. The fourth-order valence-electron chi connectivity index (χ4n) is 6.36. The number of hydrogen-bond acceptors (Lipinski definition) is 7. The van der Waals surface area contributed by atoms with Gasteiger partial charge in [-0.1, -0.05) is 26.0 Å². The molecule has 0 radical (unpaired) electrons. The minimum atomic E-state index is -0.583. The van der Waals surface area contributed by atoms with Crippen molar-refractivity contribution in [1.29, 1.82) is 0 Å². The molecule has 31 heavy (non-hydrogen) atoms. The third-order valence-electron chi connectivity index (χ3n) is 8.30. The highest BCUT2D eigenvalue weighted by molar-refractivity contribution is 5.92. The third kappa shape index (κ3) is 4.20. The predicted octanol–water partition coefficient (Wildman–Crippen LogP) is 2.12. The van der Waals surface area contributed by atoms with Gasteiger partial charge in [0.25, 0.3) is 0 Å². The van der Waals surface area contributed by atoms with E-state index in [2.05, 4.69) is 18.8 Å². The fraction of sp³-hybridized carbons (Fsp3) is 0.750. The van der Waals surface area contributed by atoms with Gasteiger partial charge in [0.1, 0.15) is 12.6 Å². The number of carbonyl (C=O) groups is 2. The van der Waals surface area contributed by atoms with Crippen molar-refractivity contribution in [2.45, 2.75) is 71.1 Å². The molecule has 0 saturated heterocycles. The molecular weight excluding hydrogens is 398 g/mol. The van der Waals surface area contributed by atoms with E-state index in [1.807, 2.05) is 6.92 Å². The molecular formula is C24H37NO6. The van der Waals surface area contributed by atoms with Crippen LogP contribution >= 0.6 is 0 Å². The average Bonchev–Trinajstić information content (AvgIpc) is 3.17. The summed E-state index contributed by atoms with van der Waals surface area (Å²) in [5.41, 5.74) is 0.915. The average molecular weight is 436 g/mol. The van der Waals surface area contributed by atoms with Crippen LogP contribution in [0.4, 0.5) is 0 Å². The number of nitrogens with one attached hydrogen (secondary N) is 1. The number of fused-ring (bicyclic) bond motifs is 1. The molecule has 1 heterocycles. The van der Waals surface area contributed by atoms with E-state index in [4.69, 9.17) is 9.47 Å². The third-order valence-corrected chi connectivity index (χ3v) is 8.30. The van der Waals surface area contributed by atoms with Crippen molar-refractivity contribution in [3.8, 4) is 0 Å². The second-order valence-corrected chi connectivity index (χ2v) is 9.98. The molecule has 7 nitrogen and oxygen atoms in total. The molecule has 0 spiro atoms. The minimum absolute atomic E-state index is 0.0633. The lowest BCUT2D eigenvalue weighted by Crippen LogP contribution is -2.58.